The minimum Gasteiger partial charge on any atom is -0.497 e. The third-order valence-corrected chi connectivity index (χ3v) is 4.89. The van der Waals surface area contributed by atoms with Crippen LogP contribution in [-0.2, 0) is 0 Å². The highest BCUT2D eigenvalue weighted by molar-refractivity contribution is 7.12. The van der Waals surface area contributed by atoms with E-state index < -0.39 is 0 Å². The number of nitrogens with zero attached hydrogens (tertiary/aromatic N) is 1. The Bertz CT molecular complexity index is 888. The molecule has 0 fully saturated rings. The van der Waals surface area contributed by atoms with Gasteiger partial charge in [-0.1, -0.05) is 18.2 Å². The molecule has 3 rings (SSSR count). The normalized spacial score (nSPS) is 10.4. The zero-order valence-electron chi connectivity index (χ0n) is 14.4. The van der Waals surface area contributed by atoms with E-state index in [4.69, 9.17) is 9.47 Å². The summed E-state index contributed by atoms with van der Waals surface area (Å²) in [5.41, 5.74) is 2.65. The van der Waals surface area contributed by atoms with Crippen LogP contribution in [0.2, 0.25) is 0 Å². The van der Waals surface area contributed by atoms with Gasteiger partial charge in [0.2, 0.25) is 0 Å². The van der Waals surface area contributed by atoms with E-state index in [9.17, 15) is 4.79 Å². The van der Waals surface area contributed by atoms with Crippen LogP contribution in [0.4, 0.5) is 5.69 Å². The van der Waals surface area contributed by atoms with E-state index in [-0.39, 0.29) is 5.91 Å². The molecule has 1 amide bonds. The number of hydrogen-bond acceptors (Lipinski definition) is 4. The van der Waals surface area contributed by atoms with E-state index in [0.29, 0.717) is 4.88 Å². The predicted molar refractivity (Wildman–Crippen MR) is 102 cm³/mol. The topological polar surface area (TPSA) is 38.8 Å². The Hall–Kier alpha value is -2.79. The van der Waals surface area contributed by atoms with Crippen LogP contribution in [0, 0.1) is 0 Å². The van der Waals surface area contributed by atoms with Crippen molar-refractivity contribution in [3.8, 4) is 22.6 Å². The average molecular weight is 353 g/mol. The van der Waals surface area contributed by atoms with Crippen molar-refractivity contribution in [3.63, 3.8) is 0 Å². The molecule has 4 nitrogen and oxygen atoms in total. The highest BCUT2D eigenvalue weighted by atomic mass is 32.1. The number of anilines is 1. The van der Waals surface area contributed by atoms with E-state index in [1.807, 2.05) is 60.0 Å². The Morgan fingerprint density at radius 2 is 1.64 bits per heavy atom. The number of thiophene rings is 1. The van der Waals surface area contributed by atoms with Gasteiger partial charge in [0.15, 0.2) is 0 Å². The smallest absolute Gasteiger partial charge is 0.268 e. The Kier molecular flexibility index (Phi) is 5.05. The summed E-state index contributed by atoms with van der Waals surface area (Å²) in [6, 6.07) is 17.1. The highest BCUT2D eigenvalue weighted by Gasteiger charge is 2.20. The summed E-state index contributed by atoms with van der Waals surface area (Å²) in [6.45, 7) is 0. The monoisotopic (exact) mass is 353 g/mol. The minimum absolute atomic E-state index is 0.0546. The summed E-state index contributed by atoms with van der Waals surface area (Å²) in [7, 11) is 5.02. The van der Waals surface area contributed by atoms with Crippen molar-refractivity contribution in [3.05, 3.63) is 64.9 Å². The molecule has 0 N–H and O–H groups in total. The predicted octanol–water partition coefficient (Wildman–Crippen LogP) is 4.71. The summed E-state index contributed by atoms with van der Waals surface area (Å²) < 4.78 is 10.5. The van der Waals surface area contributed by atoms with Crippen molar-refractivity contribution >= 4 is 22.9 Å². The van der Waals surface area contributed by atoms with Gasteiger partial charge < -0.3 is 14.4 Å². The third kappa shape index (κ3) is 3.51. The number of amides is 1. The first-order chi connectivity index (χ1) is 12.1. The lowest BCUT2D eigenvalue weighted by Crippen LogP contribution is -2.25. The molecule has 25 heavy (non-hydrogen) atoms. The molecule has 1 aromatic heterocycles. The summed E-state index contributed by atoms with van der Waals surface area (Å²) in [5, 5.41) is 1.93. The lowest BCUT2D eigenvalue weighted by Gasteiger charge is -2.18. The molecule has 0 atom stereocenters. The molecular weight excluding hydrogens is 334 g/mol. The summed E-state index contributed by atoms with van der Waals surface area (Å²) >= 11 is 1.44. The SMILES string of the molecule is COc1cccc(-c2ccsc2C(=O)N(C)c2cccc(OC)c2)c1. The fourth-order valence-corrected chi connectivity index (χ4v) is 3.47. The van der Waals surface area contributed by atoms with Gasteiger partial charge in [-0.15, -0.1) is 11.3 Å². The molecule has 2 aromatic carbocycles. The van der Waals surface area contributed by atoms with Crippen LogP contribution in [0.15, 0.2) is 60.0 Å². The molecule has 0 spiro atoms. The van der Waals surface area contributed by atoms with Gasteiger partial charge in [0, 0.05) is 24.4 Å². The highest BCUT2D eigenvalue weighted by Crippen LogP contribution is 2.32. The molecule has 0 aliphatic heterocycles. The Morgan fingerprint density at radius 1 is 0.960 bits per heavy atom. The van der Waals surface area contributed by atoms with E-state index in [1.165, 1.54) is 11.3 Å². The van der Waals surface area contributed by atoms with Gasteiger partial charge in [-0.05, 0) is 41.3 Å². The molecule has 0 bridgehead atoms. The van der Waals surface area contributed by atoms with Crippen LogP contribution in [0.1, 0.15) is 9.67 Å². The Morgan fingerprint density at radius 3 is 2.36 bits per heavy atom. The lowest BCUT2D eigenvalue weighted by atomic mass is 10.1. The van der Waals surface area contributed by atoms with Gasteiger partial charge in [-0.25, -0.2) is 0 Å². The molecule has 0 radical (unpaired) electrons. The Balaban J connectivity index is 1.94. The van der Waals surface area contributed by atoms with Gasteiger partial charge in [0.05, 0.1) is 14.2 Å². The maximum atomic E-state index is 13.0. The summed E-state index contributed by atoms with van der Waals surface area (Å²) in [6.07, 6.45) is 0. The van der Waals surface area contributed by atoms with E-state index in [2.05, 4.69) is 0 Å². The van der Waals surface area contributed by atoms with E-state index in [0.717, 1.165) is 28.3 Å². The number of hydrogen-bond donors (Lipinski definition) is 0. The van der Waals surface area contributed by atoms with Crippen molar-refractivity contribution in [2.45, 2.75) is 0 Å². The first-order valence-corrected chi connectivity index (χ1v) is 8.66. The second kappa shape index (κ2) is 7.40. The van der Waals surface area contributed by atoms with Gasteiger partial charge in [0.1, 0.15) is 16.4 Å². The number of carbonyl (C=O) groups is 1. The number of carbonyl (C=O) groups excluding carboxylic acids is 1. The number of ether oxygens (including phenoxy) is 2. The molecule has 5 heteroatoms. The van der Waals surface area contributed by atoms with Gasteiger partial charge in [0.25, 0.3) is 5.91 Å². The van der Waals surface area contributed by atoms with Crippen LogP contribution in [0.5, 0.6) is 11.5 Å². The summed E-state index contributed by atoms with van der Waals surface area (Å²) in [4.78, 5) is 15.3. The Labute approximate surface area is 151 Å². The molecule has 0 aliphatic rings. The maximum absolute atomic E-state index is 13.0. The molecule has 3 aromatic rings. The molecule has 0 aliphatic carbocycles. The van der Waals surface area contributed by atoms with Gasteiger partial charge >= 0.3 is 0 Å². The molecule has 0 saturated carbocycles. The second-order valence-corrected chi connectivity index (χ2v) is 6.38. The minimum atomic E-state index is -0.0546. The van der Waals surface area contributed by atoms with E-state index in [1.54, 1.807) is 26.2 Å². The maximum Gasteiger partial charge on any atom is 0.268 e. The molecule has 128 valence electrons. The standard InChI is InChI=1S/C20H19NO3S/c1-21(15-7-5-9-17(13-15)24-3)20(22)19-18(10-11-25-19)14-6-4-8-16(12-14)23-2/h4-13H,1-3H3. The molecule has 0 saturated heterocycles. The zero-order valence-corrected chi connectivity index (χ0v) is 15.2. The fraction of sp³-hybridized carbons (Fsp3) is 0.150. The number of rotatable bonds is 5. The molecule has 0 unspecified atom stereocenters. The van der Waals surface area contributed by atoms with E-state index >= 15 is 0 Å². The van der Waals surface area contributed by atoms with Crippen LogP contribution < -0.4 is 14.4 Å². The number of benzene rings is 2. The second-order valence-electron chi connectivity index (χ2n) is 5.46. The third-order valence-electron chi connectivity index (χ3n) is 3.99. The lowest BCUT2D eigenvalue weighted by molar-refractivity contribution is 0.0997. The molecular formula is C20H19NO3S. The van der Waals surface area contributed by atoms with Crippen LogP contribution in [-0.4, -0.2) is 27.2 Å². The summed E-state index contributed by atoms with van der Waals surface area (Å²) in [5.74, 6) is 1.43. The van der Waals surface area contributed by atoms with Crippen LogP contribution in [0.25, 0.3) is 11.1 Å². The molecule has 1 heterocycles. The van der Waals surface area contributed by atoms with Crippen molar-refractivity contribution in [2.75, 3.05) is 26.2 Å². The zero-order chi connectivity index (χ0) is 17.8. The van der Waals surface area contributed by atoms with Crippen molar-refractivity contribution in [2.24, 2.45) is 0 Å². The van der Waals surface area contributed by atoms with Crippen molar-refractivity contribution < 1.29 is 14.3 Å². The van der Waals surface area contributed by atoms with Crippen molar-refractivity contribution in [1.82, 2.24) is 0 Å². The van der Waals surface area contributed by atoms with Crippen LogP contribution in [0.3, 0.4) is 0 Å². The van der Waals surface area contributed by atoms with Crippen LogP contribution >= 0.6 is 11.3 Å². The van der Waals surface area contributed by atoms with Crippen molar-refractivity contribution in [1.29, 1.82) is 0 Å². The fourth-order valence-electron chi connectivity index (χ4n) is 2.58. The number of methoxy groups -OCH3 is 2. The first-order valence-electron chi connectivity index (χ1n) is 7.78. The largest absolute Gasteiger partial charge is 0.497 e. The van der Waals surface area contributed by atoms with Gasteiger partial charge in [-0.2, -0.15) is 0 Å². The quantitative estimate of drug-likeness (QED) is 0.667. The van der Waals surface area contributed by atoms with Gasteiger partial charge in [-0.3, -0.25) is 4.79 Å². The first kappa shape index (κ1) is 17.0. The average Bonchev–Trinajstić information content (AvgIpc) is 3.16.